The highest BCUT2D eigenvalue weighted by molar-refractivity contribution is 6.36. The molecule has 1 amide bonds. The summed E-state index contributed by atoms with van der Waals surface area (Å²) < 4.78 is 12.4. The molecule has 4 heterocycles. The molecule has 0 bridgehead atoms. The van der Waals surface area contributed by atoms with Gasteiger partial charge in [0.25, 0.3) is 0 Å². The summed E-state index contributed by atoms with van der Waals surface area (Å²) in [7, 11) is 2.14. The SMILES string of the molecule is C=CC(=O)N1CCN(c2nc(O[C@@H]3COC[C@@H]3N(C)C3CC3)nc3c2CCN(c2cccc4cccc(Cl)c24)C3)C=C1CC#N. The van der Waals surface area contributed by atoms with Crippen molar-refractivity contribution < 1.29 is 14.3 Å². The maximum Gasteiger partial charge on any atom is 0.319 e. The number of halogens is 1. The number of fused-ring (bicyclic) bond motifs is 2. The van der Waals surface area contributed by atoms with Crippen molar-refractivity contribution in [2.24, 2.45) is 0 Å². The fourth-order valence-electron chi connectivity index (χ4n) is 6.74. The van der Waals surface area contributed by atoms with Gasteiger partial charge in [0.15, 0.2) is 0 Å². The first-order valence-corrected chi connectivity index (χ1v) is 15.9. The third-order valence-electron chi connectivity index (χ3n) is 9.29. The lowest BCUT2D eigenvalue weighted by atomic mass is 10.0. The Hall–Kier alpha value is -4.17. The Labute approximate surface area is 268 Å². The number of anilines is 2. The Morgan fingerprint density at radius 1 is 1.20 bits per heavy atom. The number of carbonyl (C=O) groups is 1. The lowest BCUT2D eigenvalue weighted by Gasteiger charge is -2.37. The maximum atomic E-state index is 12.6. The summed E-state index contributed by atoms with van der Waals surface area (Å²) in [6.07, 6.45) is 6.15. The van der Waals surface area contributed by atoms with Crippen LogP contribution in [0.1, 0.15) is 30.5 Å². The van der Waals surface area contributed by atoms with Crippen LogP contribution in [0.3, 0.4) is 0 Å². The second kappa shape index (κ2) is 12.3. The van der Waals surface area contributed by atoms with E-state index in [4.69, 9.17) is 31.0 Å². The number of hydrogen-bond donors (Lipinski definition) is 0. The highest BCUT2D eigenvalue weighted by atomic mass is 35.5. The van der Waals surface area contributed by atoms with Gasteiger partial charge in [-0.25, -0.2) is 0 Å². The van der Waals surface area contributed by atoms with Crippen LogP contribution in [0.15, 0.2) is 61.0 Å². The number of aromatic nitrogens is 2. The van der Waals surface area contributed by atoms with Gasteiger partial charge in [0, 0.05) is 48.5 Å². The van der Waals surface area contributed by atoms with E-state index in [1.54, 1.807) is 4.90 Å². The molecular weight excluding hydrogens is 590 g/mol. The van der Waals surface area contributed by atoms with Gasteiger partial charge in [-0.05, 0) is 49.9 Å². The third kappa shape index (κ3) is 5.72. The Morgan fingerprint density at radius 3 is 2.80 bits per heavy atom. The molecule has 1 saturated carbocycles. The minimum Gasteiger partial charge on any atom is -0.456 e. The molecule has 2 fully saturated rings. The second-order valence-corrected chi connectivity index (χ2v) is 12.4. The molecule has 3 aromatic rings. The van der Waals surface area contributed by atoms with Gasteiger partial charge in [0.05, 0.1) is 54.7 Å². The van der Waals surface area contributed by atoms with E-state index in [9.17, 15) is 10.1 Å². The molecule has 45 heavy (non-hydrogen) atoms. The standard InChI is InChI=1S/C34H36ClN7O3/c1-3-31(43)42-17-16-41(18-24(42)12-14-36)33-25-13-15-40(28-9-5-7-22-6-4-8-26(35)32(22)28)19-27(25)37-34(38-33)45-30-21-44-20-29(30)39(2)23-10-11-23/h3-9,18,23,29-30H,1,10-13,15-17,19-21H2,2H3/t29-,30+/m0/s1. The van der Waals surface area contributed by atoms with Gasteiger partial charge in [0.1, 0.15) is 11.9 Å². The molecule has 2 atom stereocenters. The van der Waals surface area contributed by atoms with E-state index in [2.05, 4.69) is 53.8 Å². The van der Waals surface area contributed by atoms with Crippen molar-refractivity contribution in [2.75, 3.05) is 49.7 Å². The minimum atomic E-state index is -0.221. The molecule has 11 heteroatoms. The number of allylic oxidation sites excluding steroid dienone is 1. The summed E-state index contributed by atoms with van der Waals surface area (Å²) in [5, 5.41) is 12.4. The Bertz CT molecular complexity index is 1710. The van der Waals surface area contributed by atoms with Crippen molar-refractivity contribution in [1.82, 2.24) is 19.8 Å². The number of hydrogen-bond acceptors (Lipinski definition) is 9. The van der Waals surface area contributed by atoms with E-state index in [1.807, 2.05) is 23.2 Å². The number of nitriles is 1. The molecule has 2 aromatic carbocycles. The summed E-state index contributed by atoms with van der Waals surface area (Å²) in [5.41, 5.74) is 3.60. The fraction of sp³-hybridized carbons (Fsp3) is 0.412. The molecule has 1 aromatic heterocycles. The molecule has 0 unspecified atom stereocenters. The minimum absolute atomic E-state index is 0.0942. The largest absolute Gasteiger partial charge is 0.456 e. The zero-order chi connectivity index (χ0) is 31.1. The van der Waals surface area contributed by atoms with Gasteiger partial charge in [-0.15, -0.1) is 0 Å². The van der Waals surface area contributed by atoms with Gasteiger partial charge in [0.2, 0.25) is 5.91 Å². The normalized spacial score (nSPS) is 21.5. The van der Waals surface area contributed by atoms with Crippen molar-refractivity contribution in [3.05, 3.63) is 77.2 Å². The molecule has 0 spiro atoms. The average Bonchev–Trinajstić information content (AvgIpc) is 3.82. The predicted molar refractivity (Wildman–Crippen MR) is 173 cm³/mol. The summed E-state index contributed by atoms with van der Waals surface area (Å²) in [6, 6.07) is 15.4. The number of amides is 1. The van der Waals surface area contributed by atoms with Crippen molar-refractivity contribution in [1.29, 1.82) is 5.26 Å². The van der Waals surface area contributed by atoms with Crippen LogP contribution in [0.4, 0.5) is 11.5 Å². The van der Waals surface area contributed by atoms with E-state index < -0.39 is 0 Å². The lowest BCUT2D eigenvalue weighted by Crippen LogP contribution is -2.45. The highest BCUT2D eigenvalue weighted by Gasteiger charge is 2.40. The first kappa shape index (κ1) is 29.5. The first-order chi connectivity index (χ1) is 21.9. The quantitative estimate of drug-likeness (QED) is 0.331. The van der Waals surface area contributed by atoms with Crippen LogP contribution < -0.4 is 14.5 Å². The third-order valence-corrected chi connectivity index (χ3v) is 9.60. The van der Waals surface area contributed by atoms with Crippen molar-refractivity contribution in [2.45, 2.75) is 50.4 Å². The zero-order valence-electron chi connectivity index (χ0n) is 25.4. The van der Waals surface area contributed by atoms with Crippen molar-refractivity contribution in [3.63, 3.8) is 0 Å². The van der Waals surface area contributed by atoms with Crippen molar-refractivity contribution in [3.8, 4) is 12.1 Å². The zero-order valence-corrected chi connectivity index (χ0v) is 26.1. The highest BCUT2D eigenvalue weighted by Crippen LogP contribution is 2.38. The van der Waals surface area contributed by atoms with Gasteiger partial charge < -0.3 is 24.2 Å². The van der Waals surface area contributed by atoms with Crippen LogP contribution >= 0.6 is 11.6 Å². The van der Waals surface area contributed by atoms with Gasteiger partial charge >= 0.3 is 6.01 Å². The van der Waals surface area contributed by atoms with Gasteiger partial charge in [-0.2, -0.15) is 15.2 Å². The second-order valence-electron chi connectivity index (χ2n) is 12.0. The topological polar surface area (TPSA) is 98.1 Å². The molecule has 0 N–H and O–H groups in total. The van der Waals surface area contributed by atoms with Crippen molar-refractivity contribution >= 4 is 39.8 Å². The monoisotopic (exact) mass is 625 g/mol. The Balaban J connectivity index is 1.27. The molecule has 1 saturated heterocycles. The summed E-state index contributed by atoms with van der Waals surface area (Å²) in [4.78, 5) is 30.9. The van der Waals surface area contributed by atoms with Crippen LogP contribution in [0.2, 0.25) is 5.02 Å². The fourth-order valence-corrected chi connectivity index (χ4v) is 7.02. The van der Waals surface area contributed by atoms with E-state index in [0.29, 0.717) is 57.0 Å². The number of nitrogens with zero attached hydrogens (tertiary/aromatic N) is 7. The van der Waals surface area contributed by atoms with E-state index >= 15 is 0 Å². The van der Waals surface area contributed by atoms with Crippen LogP contribution in [0.25, 0.3) is 10.8 Å². The first-order valence-electron chi connectivity index (χ1n) is 15.5. The molecule has 3 aliphatic heterocycles. The van der Waals surface area contributed by atoms with E-state index in [-0.39, 0.29) is 24.5 Å². The summed E-state index contributed by atoms with van der Waals surface area (Å²) in [6.45, 7) is 6.97. The molecular formula is C34H36ClN7O3. The smallest absolute Gasteiger partial charge is 0.319 e. The van der Waals surface area contributed by atoms with Crippen LogP contribution in [0, 0.1) is 11.3 Å². The molecule has 7 rings (SSSR count). The Morgan fingerprint density at radius 2 is 2.02 bits per heavy atom. The van der Waals surface area contributed by atoms with Crippen LogP contribution in [-0.4, -0.2) is 83.8 Å². The molecule has 232 valence electrons. The van der Waals surface area contributed by atoms with E-state index in [1.165, 1.54) is 18.9 Å². The number of rotatable bonds is 8. The maximum absolute atomic E-state index is 12.6. The summed E-state index contributed by atoms with van der Waals surface area (Å²) >= 11 is 6.72. The Kier molecular flexibility index (Phi) is 8.08. The molecule has 0 radical (unpaired) electrons. The summed E-state index contributed by atoms with van der Waals surface area (Å²) in [5.74, 6) is 0.527. The number of benzene rings is 2. The van der Waals surface area contributed by atoms with Gasteiger partial charge in [-0.3, -0.25) is 9.69 Å². The van der Waals surface area contributed by atoms with Crippen LogP contribution in [0.5, 0.6) is 6.01 Å². The van der Waals surface area contributed by atoms with E-state index in [0.717, 1.165) is 45.1 Å². The predicted octanol–water partition coefficient (Wildman–Crippen LogP) is 4.68. The average molecular weight is 626 g/mol. The molecule has 10 nitrogen and oxygen atoms in total. The van der Waals surface area contributed by atoms with Gasteiger partial charge in [-0.1, -0.05) is 42.4 Å². The lowest BCUT2D eigenvalue weighted by molar-refractivity contribution is -0.124. The number of ether oxygens (including phenoxy) is 2. The molecule has 4 aliphatic rings. The van der Waals surface area contributed by atoms with Crippen LogP contribution in [-0.2, 0) is 22.5 Å². The number of likely N-dealkylation sites (N-methyl/N-ethyl adjacent to an activating group) is 1. The number of carbonyl (C=O) groups excluding carboxylic acids is 1. The molecule has 1 aliphatic carbocycles.